The summed E-state index contributed by atoms with van der Waals surface area (Å²) in [5.41, 5.74) is 0.647. The Bertz CT molecular complexity index is 901. The lowest BCUT2D eigenvalue weighted by molar-refractivity contribution is -0.129. The molecule has 9 heteroatoms. The van der Waals surface area contributed by atoms with E-state index in [-0.39, 0.29) is 24.2 Å². The molecule has 0 aliphatic carbocycles. The largest absolute Gasteiger partial charge is 0.493 e. The number of hydrogen-bond acceptors (Lipinski definition) is 7. The number of imide groups is 1. The van der Waals surface area contributed by atoms with Gasteiger partial charge in [-0.3, -0.25) is 19.3 Å². The summed E-state index contributed by atoms with van der Waals surface area (Å²) in [7, 11) is 1.49. The van der Waals surface area contributed by atoms with Crippen LogP contribution in [0.4, 0.5) is 4.79 Å². The molecule has 2 heterocycles. The zero-order valence-electron chi connectivity index (χ0n) is 16.5. The van der Waals surface area contributed by atoms with Crippen LogP contribution in [-0.2, 0) is 14.3 Å². The van der Waals surface area contributed by atoms with Gasteiger partial charge in [-0.05, 0) is 48.4 Å². The molecule has 1 aromatic carbocycles. The lowest BCUT2D eigenvalue weighted by Gasteiger charge is -2.14. The standard InChI is InChI=1S/C21H22N2O6S/c1-3-8-29-16-7-6-14(10-17(16)27-2)11-18-20(25)23(21(26)30-18)13-19(24)22-12-15-5-4-9-28-15/h1,6-7,10-11,15H,4-5,8-9,12-13H2,2H3,(H,22,24)/b18-11-/t15-/m1/s1. The molecule has 0 spiro atoms. The molecule has 2 aliphatic heterocycles. The zero-order valence-corrected chi connectivity index (χ0v) is 17.3. The number of ether oxygens (including phenoxy) is 3. The monoisotopic (exact) mass is 430 g/mol. The maximum absolute atomic E-state index is 12.6. The normalized spacial score (nSPS) is 19.8. The van der Waals surface area contributed by atoms with E-state index in [1.807, 2.05) is 0 Å². The second kappa shape index (κ2) is 10.2. The van der Waals surface area contributed by atoms with Crippen molar-refractivity contribution < 1.29 is 28.6 Å². The zero-order chi connectivity index (χ0) is 21.5. The number of benzene rings is 1. The lowest BCUT2D eigenvalue weighted by atomic mass is 10.2. The van der Waals surface area contributed by atoms with Gasteiger partial charge in [0.15, 0.2) is 11.5 Å². The first kappa shape index (κ1) is 21.7. The Kier molecular flexibility index (Phi) is 7.38. The highest BCUT2D eigenvalue weighted by Gasteiger charge is 2.36. The van der Waals surface area contributed by atoms with E-state index in [0.29, 0.717) is 30.2 Å². The van der Waals surface area contributed by atoms with Gasteiger partial charge in [0.25, 0.3) is 11.1 Å². The quantitative estimate of drug-likeness (QED) is 0.498. The van der Waals surface area contributed by atoms with Crippen molar-refractivity contribution in [2.75, 3.05) is 33.4 Å². The summed E-state index contributed by atoms with van der Waals surface area (Å²) in [6.07, 6.45) is 8.62. The molecule has 0 unspecified atom stereocenters. The van der Waals surface area contributed by atoms with Gasteiger partial charge >= 0.3 is 0 Å². The van der Waals surface area contributed by atoms with Gasteiger partial charge in [-0.15, -0.1) is 6.42 Å². The molecule has 30 heavy (non-hydrogen) atoms. The fourth-order valence-corrected chi connectivity index (χ4v) is 3.87. The minimum Gasteiger partial charge on any atom is -0.493 e. The summed E-state index contributed by atoms with van der Waals surface area (Å²) in [6.45, 7) is 0.843. The van der Waals surface area contributed by atoms with Gasteiger partial charge in [0.2, 0.25) is 5.91 Å². The highest BCUT2D eigenvalue weighted by Crippen LogP contribution is 2.34. The summed E-state index contributed by atoms with van der Waals surface area (Å²) >= 11 is 0.789. The fourth-order valence-electron chi connectivity index (χ4n) is 3.03. The van der Waals surface area contributed by atoms with Crippen LogP contribution in [-0.4, -0.2) is 61.5 Å². The molecule has 3 amide bonds. The molecule has 0 radical (unpaired) electrons. The van der Waals surface area contributed by atoms with Crippen molar-refractivity contribution >= 4 is 34.9 Å². The Morgan fingerprint density at radius 1 is 1.43 bits per heavy atom. The second-order valence-electron chi connectivity index (χ2n) is 6.61. The average molecular weight is 430 g/mol. The molecule has 2 aliphatic rings. The predicted octanol–water partition coefficient (Wildman–Crippen LogP) is 2.04. The molecular weight excluding hydrogens is 408 g/mol. The van der Waals surface area contributed by atoms with Crippen molar-refractivity contribution in [3.8, 4) is 23.8 Å². The molecule has 0 aromatic heterocycles. The van der Waals surface area contributed by atoms with E-state index < -0.39 is 17.1 Å². The summed E-state index contributed by atoms with van der Waals surface area (Å²) in [6, 6.07) is 5.07. The van der Waals surface area contributed by atoms with E-state index in [2.05, 4.69) is 11.2 Å². The van der Waals surface area contributed by atoms with E-state index in [0.717, 1.165) is 29.5 Å². The Morgan fingerprint density at radius 2 is 2.27 bits per heavy atom. The maximum Gasteiger partial charge on any atom is 0.294 e. The van der Waals surface area contributed by atoms with E-state index >= 15 is 0 Å². The molecule has 1 N–H and O–H groups in total. The van der Waals surface area contributed by atoms with Crippen molar-refractivity contribution in [3.05, 3.63) is 28.7 Å². The first-order chi connectivity index (χ1) is 14.5. The maximum atomic E-state index is 12.6. The Balaban J connectivity index is 1.64. The molecule has 2 saturated heterocycles. The molecule has 1 atom stereocenters. The van der Waals surface area contributed by atoms with Crippen molar-refractivity contribution in [2.24, 2.45) is 0 Å². The molecule has 3 rings (SSSR count). The van der Waals surface area contributed by atoms with Gasteiger partial charge in [-0.1, -0.05) is 12.0 Å². The third-order valence-electron chi connectivity index (χ3n) is 4.52. The summed E-state index contributed by atoms with van der Waals surface area (Å²) in [5, 5.41) is 2.23. The SMILES string of the molecule is C#CCOc1ccc(/C=C2\SC(=O)N(CC(=O)NC[C@H]3CCCO3)C2=O)cc1OC. The van der Waals surface area contributed by atoms with Crippen LogP contribution in [0.1, 0.15) is 18.4 Å². The van der Waals surface area contributed by atoms with Gasteiger partial charge in [0.05, 0.1) is 18.1 Å². The van der Waals surface area contributed by atoms with Crippen molar-refractivity contribution in [3.63, 3.8) is 0 Å². The van der Waals surface area contributed by atoms with Gasteiger partial charge in [0, 0.05) is 13.2 Å². The average Bonchev–Trinajstić information content (AvgIpc) is 3.35. The van der Waals surface area contributed by atoms with Gasteiger partial charge in [-0.2, -0.15) is 0 Å². The van der Waals surface area contributed by atoms with Gasteiger partial charge in [0.1, 0.15) is 13.2 Å². The number of hydrogen-bond donors (Lipinski definition) is 1. The van der Waals surface area contributed by atoms with E-state index in [9.17, 15) is 14.4 Å². The predicted molar refractivity (Wildman–Crippen MR) is 112 cm³/mol. The number of carbonyl (C=O) groups is 3. The number of rotatable bonds is 8. The van der Waals surface area contributed by atoms with Crippen LogP contribution < -0.4 is 14.8 Å². The molecule has 0 saturated carbocycles. The topological polar surface area (TPSA) is 94.2 Å². The highest BCUT2D eigenvalue weighted by molar-refractivity contribution is 8.18. The van der Waals surface area contributed by atoms with Crippen LogP contribution in [0.2, 0.25) is 0 Å². The number of methoxy groups -OCH3 is 1. The number of nitrogens with zero attached hydrogens (tertiary/aromatic N) is 1. The Morgan fingerprint density at radius 3 is 2.97 bits per heavy atom. The summed E-state index contributed by atoms with van der Waals surface area (Å²) in [5.74, 6) is 2.39. The van der Waals surface area contributed by atoms with E-state index in [4.69, 9.17) is 20.6 Å². The van der Waals surface area contributed by atoms with Crippen molar-refractivity contribution in [2.45, 2.75) is 18.9 Å². The first-order valence-corrected chi connectivity index (χ1v) is 10.2. The molecule has 1 aromatic rings. The van der Waals surface area contributed by atoms with Crippen LogP contribution in [0, 0.1) is 12.3 Å². The first-order valence-electron chi connectivity index (χ1n) is 9.39. The molecule has 158 valence electrons. The lowest BCUT2D eigenvalue weighted by Crippen LogP contribution is -2.41. The molecule has 0 bridgehead atoms. The fraction of sp³-hybridized carbons (Fsp3) is 0.381. The number of nitrogens with one attached hydrogen (secondary N) is 1. The molecular formula is C21H22N2O6S. The molecule has 2 fully saturated rings. The Hall–Kier alpha value is -2.96. The third kappa shape index (κ3) is 5.34. The Labute approximate surface area is 178 Å². The van der Waals surface area contributed by atoms with Crippen molar-refractivity contribution in [1.82, 2.24) is 10.2 Å². The number of thioether (sulfide) groups is 1. The minimum atomic E-state index is -0.510. The van der Waals surface area contributed by atoms with Gasteiger partial charge < -0.3 is 19.5 Å². The smallest absolute Gasteiger partial charge is 0.294 e. The van der Waals surface area contributed by atoms with Gasteiger partial charge in [-0.25, -0.2) is 0 Å². The second-order valence-corrected chi connectivity index (χ2v) is 7.60. The van der Waals surface area contributed by atoms with Crippen LogP contribution in [0.5, 0.6) is 11.5 Å². The number of carbonyl (C=O) groups excluding carboxylic acids is 3. The summed E-state index contributed by atoms with van der Waals surface area (Å²) < 4.78 is 16.1. The number of amides is 3. The summed E-state index contributed by atoms with van der Waals surface area (Å²) in [4.78, 5) is 38.1. The van der Waals surface area contributed by atoms with Crippen LogP contribution >= 0.6 is 11.8 Å². The van der Waals surface area contributed by atoms with E-state index in [1.54, 1.807) is 24.3 Å². The molecule has 8 nitrogen and oxygen atoms in total. The van der Waals surface area contributed by atoms with Crippen LogP contribution in [0.15, 0.2) is 23.1 Å². The van der Waals surface area contributed by atoms with E-state index in [1.165, 1.54) is 7.11 Å². The van der Waals surface area contributed by atoms with Crippen molar-refractivity contribution in [1.29, 1.82) is 0 Å². The van der Waals surface area contributed by atoms with Crippen LogP contribution in [0.3, 0.4) is 0 Å². The third-order valence-corrected chi connectivity index (χ3v) is 5.43. The highest BCUT2D eigenvalue weighted by atomic mass is 32.2. The van der Waals surface area contributed by atoms with Crippen LogP contribution in [0.25, 0.3) is 6.08 Å². The number of terminal acetylenes is 1. The minimum absolute atomic E-state index is 0.00803.